The molecule has 1 amide bonds. The summed E-state index contributed by atoms with van der Waals surface area (Å²) in [6.45, 7) is 8.78. The highest BCUT2D eigenvalue weighted by Crippen LogP contribution is 2.23. The predicted molar refractivity (Wildman–Crippen MR) is 89.7 cm³/mol. The van der Waals surface area contributed by atoms with Crippen LogP contribution in [0.15, 0.2) is 22.7 Å². The zero-order valence-electron chi connectivity index (χ0n) is 12.8. The first kappa shape index (κ1) is 18.3. The van der Waals surface area contributed by atoms with Gasteiger partial charge < -0.3 is 15.4 Å². The van der Waals surface area contributed by atoms with E-state index in [0.29, 0.717) is 18.1 Å². The summed E-state index contributed by atoms with van der Waals surface area (Å²) in [7, 11) is 0. The molecular formula is C15H22BrClN2O2. The van der Waals surface area contributed by atoms with Crippen molar-refractivity contribution in [3.8, 4) is 0 Å². The van der Waals surface area contributed by atoms with Crippen molar-refractivity contribution in [3.05, 3.63) is 33.3 Å². The summed E-state index contributed by atoms with van der Waals surface area (Å²) in [5.41, 5.74) is 0.610. The lowest BCUT2D eigenvalue weighted by Crippen LogP contribution is -2.42. The van der Waals surface area contributed by atoms with E-state index in [1.807, 2.05) is 45.9 Å². The van der Waals surface area contributed by atoms with Gasteiger partial charge in [-0.1, -0.05) is 17.7 Å². The average molecular weight is 378 g/mol. The third-order valence-electron chi connectivity index (χ3n) is 2.53. The van der Waals surface area contributed by atoms with Crippen molar-refractivity contribution in [2.75, 3.05) is 6.54 Å². The Kier molecular flexibility index (Phi) is 6.97. The molecule has 0 radical (unpaired) electrons. The molecular weight excluding hydrogens is 356 g/mol. The molecule has 0 aliphatic heterocycles. The van der Waals surface area contributed by atoms with Crippen LogP contribution in [0.3, 0.4) is 0 Å². The molecule has 4 nitrogen and oxygen atoms in total. The molecule has 0 aromatic heterocycles. The van der Waals surface area contributed by atoms with E-state index in [9.17, 15) is 4.79 Å². The Morgan fingerprint density at radius 2 is 2.10 bits per heavy atom. The van der Waals surface area contributed by atoms with Crippen LogP contribution in [0.4, 0.5) is 4.79 Å². The molecule has 1 atom stereocenters. The van der Waals surface area contributed by atoms with Crippen molar-refractivity contribution >= 4 is 33.6 Å². The summed E-state index contributed by atoms with van der Waals surface area (Å²) in [5.74, 6) is 0. The maximum absolute atomic E-state index is 11.6. The first-order valence-corrected chi connectivity index (χ1v) is 7.98. The number of hydrogen-bond acceptors (Lipinski definition) is 3. The number of carbonyl (C=O) groups excluding carboxylic acids is 1. The molecule has 0 fully saturated rings. The van der Waals surface area contributed by atoms with Crippen molar-refractivity contribution in [1.29, 1.82) is 0 Å². The van der Waals surface area contributed by atoms with E-state index >= 15 is 0 Å². The Balaban J connectivity index is 2.31. The first-order valence-electron chi connectivity index (χ1n) is 6.81. The molecule has 0 saturated carbocycles. The maximum Gasteiger partial charge on any atom is 0.407 e. The molecule has 2 N–H and O–H groups in total. The lowest BCUT2D eigenvalue weighted by Gasteiger charge is -2.22. The second-order valence-corrected chi connectivity index (χ2v) is 7.19. The van der Waals surface area contributed by atoms with Crippen molar-refractivity contribution in [1.82, 2.24) is 10.6 Å². The van der Waals surface area contributed by atoms with Crippen LogP contribution in [-0.2, 0) is 11.3 Å². The van der Waals surface area contributed by atoms with Crippen molar-refractivity contribution in [3.63, 3.8) is 0 Å². The van der Waals surface area contributed by atoms with Gasteiger partial charge in [-0.3, -0.25) is 0 Å². The van der Waals surface area contributed by atoms with Crippen molar-refractivity contribution in [2.45, 2.75) is 45.9 Å². The number of nitrogens with one attached hydrogen (secondary N) is 2. The summed E-state index contributed by atoms with van der Waals surface area (Å²) in [4.78, 5) is 11.6. The zero-order valence-corrected chi connectivity index (χ0v) is 15.1. The lowest BCUT2D eigenvalue weighted by molar-refractivity contribution is 0.0508. The van der Waals surface area contributed by atoms with Gasteiger partial charge in [-0.25, -0.2) is 4.79 Å². The summed E-state index contributed by atoms with van der Waals surface area (Å²) in [6, 6.07) is 5.80. The van der Waals surface area contributed by atoms with Gasteiger partial charge in [-0.2, -0.15) is 0 Å². The van der Waals surface area contributed by atoms with E-state index in [1.54, 1.807) is 0 Å². The summed E-state index contributed by atoms with van der Waals surface area (Å²) >= 11 is 9.40. The summed E-state index contributed by atoms with van der Waals surface area (Å²) < 4.78 is 6.08. The molecule has 0 saturated heterocycles. The monoisotopic (exact) mass is 376 g/mol. The minimum atomic E-state index is -0.481. The second kappa shape index (κ2) is 8.01. The van der Waals surface area contributed by atoms with Gasteiger partial charge in [0, 0.05) is 23.6 Å². The van der Waals surface area contributed by atoms with Gasteiger partial charge in [0.1, 0.15) is 5.60 Å². The van der Waals surface area contributed by atoms with Crippen LogP contribution < -0.4 is 10.6 Å². The second-order valence-electron chi connectivity index (χ2n) is 5.93. The topological polar surface area (TPSA) is 50.4 Å². The molecule has 21 heavy (non-hydrogen) atoms. The molecule has 1 rings (SSSR count). The number of carbonyl (C=O) groups is 1. The Labute approximate surface area is 139 Å². The standard InChI is InChI=1S/C15H22BrClN2O2/c1-10(19-14(20)21-15(2,3)4)8-18-9-11-5-6-12(16)13(17)7-11/h5-7,10,18H,8-9H2,1-4H3,(H,19,20). The number of benzene rings is 1. The van der Waals surface area contributed by atoms with Crippen LogP contribution >= 0.6 is 27.5 Å². The van der Waals surface area contributed by atoms with Crippen LogP contribution in [0.25, 0.3) is 0 Å². The zero-order chi connectivity index (χ0) is 16.0. The summed E-state index contributed by atoms with van der Waals surface area (Å²) in [5, 5.41) is 6.75. The molecule has 0 spiro atoms. The van der Waals surface area contributed by atoms with Crippen LogP contribution in [0.1, 0.15) is 33.3 Å². The predicted octanol–water partition coefficient (Wildman–Crippen LogP) is 4.11. The number of ether oxygens (including phenoxy) is 1. The summed E-state index contributed by atoms with van der Waals surface area (Å²) in [6.07, 6.45) is -0.400. The maximum atomic E-state index is 11.6. The number of amides is 1. The third kappa shape index (κ3) is 7.69. The molecule has 6 heteroatoms. The van der Waals surface area contributed by atoms with Gasteiger partial charge in [-0.15, -0.1) is 0 Å². The molecule has 0 bridgehead atoms. The first-order chi connectivity index (χ1) is 9.67. The fraction of sp³-hybridized carbons (Fsp3) is 0.533. The number of rotatable bonds is 5. The molecule has 1 aromatic carbocycles. The van der Waals surface area contributed by atoms with Crippen LogP contribution in [0, 0.1) is 0 Å². The highest BCUT2D eigenvalue weighted by Gasteiger charge is 2.17. The van der Waals surface area contributed by atoms with Gasteiger partial charge in [0.25, 0.3) is 0 Å². The fourth-order valence-corrected chi connectivity index (χ4v) is 2.09. The van der Waals surface area contributed by atoms with Crippen LogP contribution in [0.5, 0.6) is 0 Å². The minimum Gasteiger partial charge on any atom is -0.444 e. The van der Waals surface area contributed by atoms with E-state index in [4.69, 9.17) is 16.3 Å². The molecule has 118 valence electrons. The molecule has 1 aromatic rings. The quantitative estimate of drug-likeness (QED) is 0.812. The Morgan fingerprint density at radius 3 is 2.67 bits per heavy atom. The highest BCUT2D eigenvalue weighted by molar-refractivity contribution is 9.10. The van der Waals surface area contributed by atoms with Gasteiger partial charge in [0.15, 0.2) is 0 Å². The third-order valence-corrected chi connectivity index (χ3v) is 3.76. The molecule has 1 unspecified atom stereocenters. The normalized spacial score (nSPS) is 12.9. The molecule has 0 aliphatic rings. The Morgan fingerprint density at radius 1 is 1.43 bits per heavy atom. The Hall–Kier alpha value is -0.780. The SMILES string of the molecule is CC(CNCc1ccc(Br)c(Cl)c1)NC(=O)OC(C)(C)C. The Bertz CT molecular complexity index is 489. The van der Waals surface area contributed by atoms with E-state index < -0.39 is 11.7 Å². The minimum absolute atomic E-state index is 0.0224. The van der Waals surface area contributed by atoms with Gasteiger partial charge in [0.2, 0.25) is 0 Å². The fourth-order valence-electron chi connectivity index (χ4n) is 1.64. The molecule has 0 heterocycles. The van der Waals surface area contributed by atoms with Crippen molar-refractivity contribution < 1.29 is 9.53 Å². The van der Waals surface area contributed by atoms with Gasteiger partial charge >= 0.3 is 6.09 Å². The lowest BCUT2D eigenvalue weighted by atomic mass is 10.2. The number of alkyl carbamates (subject to hydrolysis) is 1. The van der Waals surface area contributed by atoms with E-state index in [2.05, 4.69) is 26.6 Å². The smallest absolute Gasteiger partial charge is 0.407 e. The highest BCUT2D eigenvalue weighted by atomic mass is 79.9. The van der Waals surface area contributed by atoms with E-state index in [0.717, 1.165) is 10.0 Å². The van der Waals surface area contributed by atoms with Gasteiger partial charge in [0.05, 0.1) is 5.02 Å². The average Bonchev–Trinajstić information content (AvgIpc) is 2.31. The van der Waals surface area contributed by atoms with E-state index in [1.165, 1.54) is 0 Å². The van der Waals surface area contributed by atoms with Gasteiger partial charge in [-0.05, 0) is 61.3 Å². The van der Waals surface area contributed by atoms with Crippen LogP contribution in [0.2, 0.25) is 5.02 Å². The number of halogens is 2. The van der Waals surface area contributed by atoms with Crippen LogP contribution in [-0.4, -0.2) is 24.3 Å². The largest absolute Gasteiger partial charge is 0.444 e. The van der Waals surface area contributed by atoms with E-state index in [-0.39, 0.29) is 6.04 Å². The molecule has 0 aliphatic carbocycles. The van der Waals surface area contributed by atoms with Crippen molar-refractivity contribution in [2.24, 2.45) is 0 Å². The number of hydrogen-bond donors (Lipinski definition) is 2.